The highest BCUT2D eigenvalue weighted by Crippen LogP contribution is 2.37. The van der Waals surface area contributed by atoms with Crippen molar-refractivity contribution in [3.63, 3.8) is 0 Å². The third-order valence-corrected chi connectivity index (χ3v) is 5.37. The van der Waals surface area contributed by atoms with Gasteiger partial charge in [-0.1, -0.05) is 24.3 Å². The fourth-order valence-corrected chi connectivity index (χ4v) is 3.64. The van der Waals surface area contributed by atoms with E-state index in [1.54, 1.807) is 0 Å². The number of carbonyl (C=O) groups is 1. The van der Waals surface area contributed by atoms with Crippen LogP contribution in [0.15, 0.2) is 65.1 Å². The Balaban J connectivity index is 1.67. The summed E-state index contributed by atoms with van der Waals surface area (Å²) in [6.07, 6.45) is 0. The minimum absolute atomic E-state index is 0.117. The molecule has 0 aliphatic heterocycles. The van der Waals surface area contributed by atoms with E-state index in [-0.39, 0.29) is 12.5 Å². The molecule has 3 aromatic carbocycles. The molecule has 162 valence electrons. The Morgan fingerprint density at radius 3 is 2.42 bits per heavy atom. The number of nitrogens with one attached hydrogen (secondary N) is 2. The number of amides is 1. The lowest BCUT2D eigenvalue weighted by Gasteiger charge is -2.16. The molecule has 5 nitrogen and oxygen atoms in total. The molecule has 0 spiro atoms. The number of para-hydroxylation sites is 1. The molecular weight excluding hydrogens is 456 g/mol. The van der Waals surface area contributed by atoms with Gasteiger partial charge in [0.2, 0.25) is 0 Å². The second kappa shape index (κ2) is 10.9. The molecule has 0 bridgehead atoms. The predicted octanol–water partition coefficient (Wildman–Crippen LogP) is 6.09. The molecule has 2 N–H and O–H groups in total. The van der Waals surface area contributed by atoms with Gasteiger partial charge in [0.25, 0.3) is 5.91 Å². The minimum Gasteiger partial charge on any atom is -0.490 e. The average Bonchev–Trinajstić information content (AvgIpc) is 2.75. The number of hydrogen-bond donors (Lipinski definition) is 2. The molecule has 0 heterocycles. The summed E-state index contributed by atoms with van der Waals surface area (Å²) >= 11 is 3.57. The molecule has 0 saturated carbocycles. The Morgan fingerprint density at radius 1 is 0.935 bits per heavy atom. The molecule has 3 aromatic rings. The van der Waals surface area contributed by atoms with Crippen molar-refractivity contribution in [3.8, 4) is 11.5 Å². The fourth-order valence-electron chi connectivity index (χ4n) is 3.04. The number of ether oxygens (including phenoxy) is 2. The van der Waals surface area contributed by atoms with Crippen molar-refractivity contribution in [3.05, 3.63) is 81.8 Å². The maximum atomic E-state index is 12.2. The van der Waals surface area contributed by atoms with Crippen LogP contribution in [0.4, 0.5) is 11.4 Å². The van der Waals surface area contributed by atoms with Gasteiger partial charge in [-0.15, -0.1) is 0 Å². The largest absolute Gasteiger partial charge is 0.490 e. The molecule has 0 saturated heterocycles. The summed E-state index contributed by atoms with van der Waals surface area (Å²) in [4.78, 5) is 12.2. The van der Waals surface area contributed by atoms with E-state index in [9.17, 15) is 4.79 Å². The van der Waals surface area contributed by atoms with Gasteiger partial charge in [-0.3, -0.25) is 4.79 Å². The summed E-state index contributed by atoms with van der Waals surface area (Å²) in [5, 5.41) is 6.25. The first kappa shape index (κ1) is 22.7. The molecule has 1 amide bonds. The smallest absolute Gasteiger partial charge is 0.262 e. The van der Waals surface area contributed by atoms with Gasteiger partial charge >= 0.3 is 0 Å². The van der Waals surface area contributed by atoms with E-state index >= 15 is 0 Å². The number of rotatable bonds is 9. The minimum atomic E-state index is -0.235. The van der Waals surface area contributed by atoms with Crippen LogP contribution >= 0.6 is 15.9 Å². The summed E-state index contributed by atoms with van der Waals surface area (Å²) in [5.41, 5.74) is 5.35. The van der Waals surface area contributed by atoms with Gasteiger partial charge in [0.1, 0.15) is 0 Å². The first-order valence-corrected chi connectivity index (χ1v) is 11.0. The number of aryl methyl sites for hydroxylation is 2. The second-order valence-corrected chi connectivity index (χ2v) is 8.05. The second-order valence-electron chi connectivity index (χ2n) is 7.19. The lowest BCUT2D eigenvalue weighted by molar-refractivity contribution is -0.118. The van der Waals surface area contributed by atoms with E-state index in [2.05, 4.69) is 58.6 Å². The quantitative estimate of drug-likeness (QED) is 0.387. The molecule has 31 heavy (non-hydrogen) atoms. The fraction of sp³-hybridized carbons (Fsp3) is 0.240. The van der Waals surface area contributed by atoms with Gasteiger partial charge in [0.15, 0.2) is 18.1 Å². The van der Waals surface area contributed by atoms with E-state index in [0.29, 0.717) is 24.7 Å². The van der Waals surface area contributed by atoms with Gasteiger partial charge in [-0.25, -0.2) is 0 Å². The van der Waals surface area contributed by atoms with E-state index in [1.807, 2.05) is 49.4 Å². The Morgan fingerprint density at radius 2 is 1.71 bits per heavy atom. The standard InChI is InChI=1S/C25H27BrN2O3/c1-4-30-23-14-19(15-27-21-11-10-17(2)18(3)12-21)13-22(26)25(23)31-16-24(29)28-20-8-6-5-7-9-20/h5-14,27H,4,15-16H2,1-3H3,(H,28,29). The van der Waals surface area contributed by atoms with E-state index in [1.165, 1.54) is 11.1 Å². The van der Waals surface area contributed by atoms with Gasteiger partial charge in [-0.2, -0.15) is 0 Å². The first-order chi connectivity index (χ1) is 15.0. The summed E-state index contributed by atoms with van der Waals surface area (Å²) in [6.45, 7) is 7.13. The maximum Gasteiger partial charge on any atom is 0.262 e. The topological polar surface area (TPSA) is 59.6 Å². The van der Waals surface area contributed by atoms with E-state index < -0.39 is 0 Å². The zero-order valence-electron chi connectivity index (χ0n) is 18.0. The summed E-state index contributed by atoms with van der Waals surface area (Å²) in [6, 6.07) is 19.5. The van der Waals surface area contributed by atoms with Gasteiger partial charge < -0.3 is 20.1 Å². The molecule has 0 aromatic heterocycles. The number of hydrogen-bond acceptors (Lipinski definition) is 4. The van der Waals surface area contributed by atoms with Crippen LogP contribution in [0.25, 0.3) is 0 Å². The first-order valence-electron chi connectivity index (χ1n) is 10.2. The highest BCUT2D eigenvalue weighted by Gasteiger charge is 2.14. The Kier molecular flexibility index (Phi) is 7.95. The molecule has 0 aliphatic rings. The highest BCUT2D eigenvalue weighted by molar-refractivity contribution is 9.10. The number of carbonyl (C=O) groups excluding carboxylic acids is 1. The van der Waals surface area contributed by atoms with Crippen LogP contribution in [0, 0.1) is 13.8 Å². The molecule has 0 aliphatic carbocycles. The van der Waals surface area contributed by atoms with Crippen molar-refractivity contribution in [2.45, 2.75) is 27.3 Å². The van der Waals surface area contributed by atoms with Crippen LogP contribution in [0.1, 0.15) is 23.6 Å². The van der Waals surface area contributed by atoms with Crippen molar-refractivity contribution in [2.24, 2.45) is 0 Å². The van der Waals surface area contributed by atoms with Crippen molar-refractivity contribution in [1.82, 2.24) is 0 Å². The van der Waals surface area contributed by atoms with Gasteiger partial charge in [-0.05, 0) is 89.8 Å². The van der Waals surface area contributed by atoms with Crippen molar-refractivity contribution in [1.29, 1.82) is 0 Å². The van der Waals surface area contributed by atoms with Crippen LogP contribution in [0.3, 0.4) is 0 Å². The number of anilines is 2. The van der Waals surface area contributed by atoms with Crippen molar-refractivity contribution >= 4 is 33.2 Å². The van der Waals surface area contributed by atoms with Crippen molar-refractivity contribution in [2.75, 3.05) is 23.8 Å². The molecule has 0 atom stereocenters. The molecule has 0 unspecified atom stereocenters. The molecule has 6 heteroatoms. The Labute approximate surface area is 191 Å². The third kappa shape index (κ3) is 6.49. The molecule has 0 fully saturated rings. The van der Waals surface area contributed by atoms with Crippen LogP contribution in [0.2, 0.25) is 0 Å². The highest BCUT2D eigenvalue weighted by atomic mass is 79.9. The zero-order valence-corrected chi connectivity index (χ0v) is 19.6. The number of benzene rings is 3. The molecular formula is C25H27BrN2O3. The monoisotopic (exact) mass is 482 g/mol. The van der Waals surface area contributed by atoms with E-state index in [4.69, 9.17) is 9.47 Å². The molecule has 0 radical (unpaired) electrons. The average molecular weight is 483 g/mol. The van der Waals surface area contributed by atoms with Crippen LogP contribution < -0.4 is 20.1 Å². The predicted molar refractivity (Wildman–Crippen MR) is 129 cm³/mol. The summed E-state index contributed by atoms with van der Waals surface area (Å²) in [7, 11) is 0. The number of halogens is 1. The SMILES string of the molecule is CCOc1cc(CNc2ccc(C)c(C)c2)cc(Br)c1OCC(=O)Nc1ccccc1. The van der Waals surface area contributed by atoms with E-state index in [0.717, 1.165) is 21.4 Å². The molecule has 3 rings (SSSR count). The summed E-state index contributed by atoms with van der Waals surface area (Å²) in [5.74, 6) is 0.877. The normalized spacial score (nSPS) is 10.5. The van der Waals surface area contributed by atoms with Crippen molar-refractivity contribution < 1.29 is 14.3 Å². The Hall–Kier alpha value is -2.99. The lowest BCUT2D eigenvalue weighted by atomic mass is 10.1. The van der Waals surface area contributed by atoms with Gasteiger partial charge in [0.05, 0.1) is 11.1 Å². The maximum absolute atomic E-state index is 12.2. The van der Waals surface area contributed by atoms with Crippen LogP contribution in [0.5, 0.6) is 11.5 Å². The van der Waals surface area contributed by atoms with Crippen LogP contribution in [-0.4, -0.2) is 19.1 Å². The zero-order chi connectivity index (χ0) is 22.2. The third-order valence-electron chi connectivity index (χ3n) is 4.78. The summed E-state index contributed by atoms with van der Waals surface area (Å²) < 4.78 is 12.3. The lowest BCUT2D eigenvalue weighted by Crippen LogP contribution is -2.20. The van der Waals surface area contributed by atoms with Gasteiger partial charge in [0, 0.05) is 17.9 Å². The Bertz CT molecular complexity index is 1040. The van der Waals surface area contributed by atoms with Crippen LogP contribution in [-0.2, 0) is 11.3 Å².